The van der Waals surface area contributed by atoms with Crippen molar-refractivity contribution in [2.45, 2.75) is 25.4 Å². The maximum absolute atomic E-state index is 13.9. The zero-order chi connectivity index (χ0) is 21.5. The summed E-state index contributed by atoms with van der Waals surface area (Å²) < 4.78 is 64.0. The molecule has 1 atom stereocenters. The predicted molar refractivity (Wildman–Crippen MR) is 94.3 cm³/mol. The molecule has 2 aromatic rings. The van der Waals surface area contributed by atoms with Gasteiger partial charge in [0.05, 0.1) is 6.61 Å². The molecule has 2 N–H and O–H groups in total. The van der Waals surface area contributed by atoms with Crippen LogP contribution in [0.1, 0.15) is 12.5 Å². The van der Waals surface area contributed by atoms with E-state index < -0.39 is 29.7 Å². The number of alkyl halides is 3. The molecule has 0 heterocycles. The van der Waals surface area contributed by atoms with Crippen LogP contribution in [-0.4, -0.2) is 30.5 Å². The minimum Gasteiger partial charge on any atom is -0.461 e. The molecule has 0 aliphatic carbocycles. The Hall–Kier alpha value is -3.30. The number of halogens is 4. The number of carbonyl (C=O) groups is 2. The Morgan fingerprint density at radius 2 is 1.62 bits per heavy atom. The van der Waals surface area contributed by atoms with Crippen LogP contribution >= 0.6 is 0 Å². The lowest BCUT2D eigenvalue weighted by atomic mass is 10.2. The molecule has 2 amide bonds. The molecule has 6 nitrogen and oxygen atoms in total. The van der Waals surface area contributed by atoms with Gasteiger partial charge in [-0.2, -0.15) is 13.2 Å². The first-order valence-electron chi connectivity index (χ1n) is 8.46. The molecule has 0 aliphatic heterocycles. The Morgan fingerprint density at radius 3 is 2.17 bits per heavy atom. The van der Waals surface area contributed by atoms with Crippen molar-refractivity contribution in [2.75, 3.05) is 6.61 Å². The molecule has 0 radical (unpaired) electrons. The van der Waals surface area contributed by atoms with Gasteiger partial charge in [-0.3, -0.25) is 5.32 Å². The van der Waals surface area contributed by atoms with E-state index in [-0.39, 0.29) is 18.9 Å². The SMILES string of the molecule is CCOC(=O)C(NC(=O)NCc1ccc(F)cc1)(Oc1ccccc1)C(F)(F)F. The molecule has 2 aromatic carbocycles. The number of amides is 2. The van der Waals surface area contributed by atoms with Gasteiger partial charge in [-0.15, -0.1) is 0 Å². The smallest absolute Gasteiger partial charge is 0.460 e. The van der Waals surface area contributed by atoms with Crippen molar-refractivity contribution in [1.29, 1.82) is 0 Å². The number of hydrogen-bond acceptors (Lipinski definition) is 4. The Morgan fingerprint density at radius 1 is 1.00 bits per heavy atom. The number of carbonyl (C=O) groups excluding carboxylic acids is 2. The van der Waals surface area contributed by atoms with E-state index >= 15 is 0 Å². The molecule has 0 bridgehead atoms. The van der Waals surface area contributed by atoms with Crippen molar-refractivity contribution >= 4 is 12.0 Å². The van der Waals surface area contributed by atoms with Crippen LogP contribution in [0.2, 0.25) is 0 Å². The highest BCUT2D eigenvalue weighted by atomic mass is 19.4. The summed E-state index contributed by atoms with van der Waals surface area (Å²) >= 11 is 0. The number of para-hydroxylation sites is 1. The monoisotopic (exact) mass is 414 g/mol. The van der Waals surface area contributed by atoms with E-state index in [1.165, 1.54) is 54.7 Å². The molecule has 0 aliphatic rings. The minimum absolute atomic E-state index is 0.214. The van der Waals surface area contributed by atoms with Crippen LogP contribution in [0.3, 0.4) is 0 Å². The lowest BCUT2D eigenvalue weighted by molar-refractivity contribution is -0.259. The molecule has 2 rings (SSSR count). The molecule has 0 saturated carbocycles. The standard InChI is InChI=1S/C19H18F4N2O4/c1-2-28-16(26)18(19(21,22)23,29-15-6-4-3-5-7-15)25-17(27)24-12-13-8-10-14(20)11-9-13/h3-11H,2,12H2,1H3,(H2,24,25,27). The lowest BCUT2D eigenvalue weighted by Gasteiger charge is -2.33. The van der Waals surface area contributed by atoms with E-state index in [9.17, 15) is 27.2 Å². The number of urea groups is 1. The maximum atomic E-state index is 13.9. The normalized spacial score (nSPS) is 13.1. The first-order valence-corrected chi connectivity index (χ1v) is 8.46. The number of ether oxygens (including phenoxy) is 2. The second kappa shape index (κ2) is 9.26. The summed E-state index contributed by atoms with van der Waals surface area (Å²) in [6.45, 7) is 0.734. The van der Waals surface area contributed by atoms with E-state index in [0.29, 0.717) is 5.56 Å². The number of hydrogen-bond donors (Lipinski definition) is 2. The van der Waals surface area contributed by atoms with E-state index in [4.69, 9.17) is 4.74 Å². The van der Waals surface area contributed by atoms with Crippen molar-refractivity contribution in [3.63, 3.8) is 0 Å². The third kappa shape index (κ3) is 5.59. The van der Waals surface area contributed by atoms with Crippen molar-refractivity contribution in [3.8, 4) is 5.75 Å². The van der Waals surface area contributed by atoms with E-state index in [2.05, 4.69) is 10.1 Å². The maximum Gasteiger partial charge on any atom is 0.460 e. The van der Waals surface area contributed by atoms with Crippen LogP contribution < -0.4 is 15.4 Å². The summed E-state index contributed by atoms with van der Waals surface area (Å²) in [5.74, 6) is -2.64. The number of benzene rings is 2. The molecule has 29 heavy (non-hydrogen) atoms. The molecular weight excluding hydrogens is 396 g/mol. The van der Waals surface area contributed by atoms with E-state index in [1.54, 1.807) is 0 Å². The summed E-state index contributed by atoms with van der Waals surface area (Å²) in [6, 6.07) is 10.3. The highest BCUT2D eigenvalue weighted by Crippen LogP contribution is 2.34. The molecule has 0 spiro atoms. The second-order valence-electron chi connectivity index (χ2n) is 5.75. The van der Waals surface area contributed by atoms with Gasteiger partial charge < -0.3 is 14.8 Å². The topological polar surface area (TPSA) is 76.7 Å². The molecule has 0 saturated heterocycles. The third-order valence-electron chi connectivity index (χ3n) is 3.63. The fourth-order valence-electron chi connectivity index (χ4n) is 2.25. The predicted octanol–water partition coefficient (Wildman–Crippen LogP) is 3.53. The van der Waals surface area contributed by atoms with Gasteiger partial charge in [-0.05, 0) is 36.8 Å². The molecule has 156 valence electrons. The molecule has 0 fully saturated rings. The van der Waals surface area contributed by atoms with Gasteiger partial charge >= 0.3 is 23.9 Å². The summed E-state index contributed by atoms with van der Waals surface area (Å²) in [5, 5.41) is 3.71. The fraction of sp³-hybridized carbons (Fsp3) is 0.263. The zero-order valence-electron chi connectivity index (χ0n) is 15.3. The molecular formula is C19H18F4N2O4. The van der Waals surface area contributed by atoms with Gasteiger partial charge in [0.1, 0.15) is 11.6 Å². The Bertz CT molecular complexity index is 828. The number of nitrogens with one attached hydrogen (secondary N) is 2. The molecule has 1 unspecified atom stereocenters. The van der Waals surface area contributed by atoms with Gasteiger partial charge in [0, 0.05) is 6.54 Å². The molecule has 0 aromatic heterocycles. The number of esters is 1. The zero-order valence-corrected chi connectivity index (χ0v) is 15.3. The van der Waals surface area contributed by atoms with Gasteiger partial charge in [0.25, 0.3) is 0 Å². The molecule has 10 heteroatoms. The summed E-state index contributed by atoms with van der Waals surface area (Å²) in [6.07, 6.45) is -5.34. The van der Waals surface area contributed by atoms with Crippen LogP contribution in [0, 0.1) is 5.82 Å². The summed E-state index contributed by atoms with van der Waals surface area (Å²) in [4.78, 5) is 24.4. The van der Waals surface area contributed by atoms with Crippen LogP contribution in [0.25, 0.3) is 0 Å². The average Bonchev–Trinajstić information content (AvgIpc) is 2.67. The quantitative estimate of drug-likeness (QED) is 0.413. The van der Waals surface area contributed by atoms with Gasteiger partial charge in [-0.1, -0.05) is 30.3 Å². The Labute approximate surface area is 163 Å². The van der Waals surface area contributed by atoms with Crippen LogP contribution in [0.5, 0.6) is 5.75 Å². The van der Waals surface area contributed by atoms with Crippen molar-refractivity contribution in [2.24, 2.45) is 0 Å². The van der Waals surface area contributed by atoms with Crippen molar-refractivity contribution < 1.29 is 36.6 Å². The van der Waals surface area contributed by atoms with E-state index in [0.717, 1.165) is 12.1 Å². The largest absolute Gasteiger partial charge is 0.461 e. The third-order valence-corrected chi connectivity index (χ3v) is 3.63. The van der Waals surface area contributed by atoms with Gasteiger partial charge in [0.2, 0.25) is 0 Å². The summed E-state index contributed by atoms with van der Waals surface area (Å²) in [5.41, 5.74) is -3.34. The van der Waals surface area contributed by atoms with Crippen LogP contribution in [0.15, 0.2) is 54.6 Å². The van der Waals surface area contributed by atoms with Crippen LogP contribution in [0.4, 0.5) is 22.4 Å². The van der Waals surface area contributed by atoms with Crippen molar-refractivity contribution in [3.05, 3.63) is 66.0 Å². The first kappa shape index (κ1) is 22.0. The summed E-state index contributed by atoms with van der Waals surface area (Å²) in [7, 11) is 0. The van der Waals surface area contributed by atoms with Gasteiger partial charge in [-0.25, -0.2) is 14.0 Å². The highest BCUT2D eigenvalue weighted by Gasteiger charge is 2.66. The second-order valence-corrected chi connectivity index (χ2v) is 5.75. The highest BCUT2D eigenvalue weighted by molar-refractivity contribution is 5.87. The first-order chi connectivity index (χ1) is 13.7. The fourth-order valence-corrected chi connectivity index (χ4v) is 2.25. The van der Waals surface area contributed by atoms with E-state index in [1.807, 2.05) is 0 Å². The van der Waals surface area contributed by atoms with Gasteiger partial charge in [0.15, 0.2) is 0 Å². The lowest BCUT2D eigenvalue weighted by Crippen LogP contribution is -2.69. The van der Waals surface area contributed by atoms with Crippen molar-refractivity contribution in [1.82, 2.24) is 10.6 Å². The Balaban J connectivity index is 2.25. The van der Waals surface area contributed by atoms with Crippen LogP contribution in [-0.2, 0) is 16.1 Å². The average molecular weight is 414 g/mol. The minimum atomic E-state index is -5.34. The Kier molecular flexibility index (Phi) is 7.03. The number of rotatable bonds is 7.